The smallest absolute Gasteiger partial charge is 0.261 e. The number of sulfonamides is 1. The monoisotopic (exact) mass is 478 g/mol. The van der Waals surface area contributed by atoms with Gasteiger partial charge in [0.25, 0.3) is 10.0 Å². The first kappa shape index (κ1) is 24.0. The fourth-order valence-corrected chi connectivity index (χ4v) is 5.28. The molecule has 3 N–H and O–H groups in total. The van der Waals surface area contributed by atoms with Crippen molar-refractivity contribution in [2.45, 2.75) is 51.2 Å². The zero-order chi connectivity index (χ0) is 24.6. The van der Waals surface area contributed by atoms with Gasteiger partial charge in [-0.25, -0.2) is 8.42 Å². The quantitative estimate of drug-likeness (QED) is 0.405. The number of aryl methyl sites for hydroxylation is 2. The lowest BCUT2D eigenvalue weighted by Crippen LogP contribution is -2.23. The number of hydrogen-bond acceptors (Lipinski definition) is 5. The van der Waals surface area contributed by atoms with E-state index in [1.165, 1.54) is 12.1 Å². The standard InChI is InChI=1S/C27H30N2O4S/c1-16(2)27(31)20-7-5-6-19(13-20)25-15-26(30)23-14-22(10-11-24(23)28-25)34(32,33)29-21-9-8-17(3)18(4)12-21/h5-14,16,25-26,28-30H,15H2,1-4H3. The molecule has 0 radical (unpaired) electrons. The second kappa shape index (κ2) is 9.24. The van der Waals surface area contributed by atoms with Crippen LogP contribution in [-0.2, 0) is 10.0 Å². The molecule has 3 aromatic rings. The predicted molar refractivity (Wildman–Crippen MR) is 135 cm³/mol. The van der Waals surface area contributed by atoms with Gasteiger partial charge in [0.15, 0.2) is 5.78 Å². The number of Topliss-reactive ketones (excluding diaryl/α,β-unsaturated/α-hetero) is 1. The van der Waals surface area contributed by atoms with Gasteiger partial charge in [-0.05, 0) is 66.9 Å². The molecule has 178 valence electrons. The van der Waals surface area contributed by atoms with Gasteiger partial charge < -0.3 is 10.4 Å². The summed E-state index contributed by atoms with van der Waals surface area (Å²) < 4.78 is 28.6. The van der Waals surface area contributed by atoms with Crippen molar-refractivity contribution in [2.75, 3.05) is 10.0 Å². The molecule has 7 heteroatoms. The van der Waals surface area contributed by atoms with Gasteiger partial charge >= 0.3 is 0 Å². The number of anilines is 2. The minimum Gasteiger partial charge on any atom is -0.388 e. The van der Waals surface area contributed by atoms with Crippen molar-refractivity contribution in [3.8, 4) is 0 Å². The molecule has 6 nitrogen and oxygen atoms in total. The van der Waals surface area contributed by atoms with Crippen LogP contribution >= 0.6 is 0 Å². The van der Waals surface area contributed by atoms with Crippen molar-refractivity contribution < 1.29 is 18.3 Å². The minimum atomic E-state index is -3.82. The number of benzene rings is 3. The number of carbonyl (C=O) groups excluding carboxylic acids is 1. The Balaban J connectivity index is 1.58. The largest absolute Gasteiger partial charge is 0.388 e. The number of carbonyl (C=O) groups is 1. The van der Waals surface area contributed by atoms with Crippen molar-refractivity contribution in [1.82, 2.24) is 0 Å². The van der Waals surface area contributed by atoms with Gasteiger partial charge in [0.05, 0.1) is 17.0 Å². The summed E-state index contributed by atoms with van der Waals surface area (Å²) in [5, 5.41) is 14.3. The van der Waals surface area contributed by atoms with E-state index >= 15 is 0 Å². The molecular weight excluding hydrogens is 448 g/mol. The number of rotatable bonds is 6. The van der Waals surface area contributed by atoms with E-state index in [0.717, 1.165) is 16.7 Å². The highest BCUT2D eigenvalue weighted by atomic mass is 32.2. The highest BCUT2D eigenvalue weighted by Crippen LogP contribution is 2.40. The zero-order valence-corrected chi connectivity index (χ0v) is 20.6. The molecule has 0 aromatic heterocycles. The number of fused-ring (bicyclic) bond motifs is 1. The van der Waals surface area contributed by atoms with Crippen molar-refractivity contribution in [2.24, 2.45) is 5.92 Å². The summed E-state index contributed by atoms with van der Waals surface area (Å²) in [4.78, 5) is 12.5. The molecule has 1 aliphatic rings. The van der Waals surface area contributed by atoms with Crippen LogP contribution in [-0.4, -0.2) is 19.3 Å². The van der Waals surface area contributed by atoms with E-state index in [0.29, 0.717) is 28.9 Å². The van der Waals surface area contributed by atoms with E-state index < -0.39 is 16.1 Å². The summed E-state index contributed by atoms with van der Waals surface area (Å²) in [6.45, 7) is 7.64. The highest BCUT2D eigenvalue weighted by Gasteiger charge is 2.28. The normalized spacial score (nSPS) is 17.7. The van der Waals surface area contributed by atoms with Crippen LogP contribution in [0.1, 0.15) is 65.0 Å². The van der Waals surface area contributed by atoms with Gasteiger partial charge in [-0.1, -0.05) is 38.1 Å². The molecule has 1 aliphatic heterocycles. The number of aliphatic hydroxyl groups is 1. The third kappa shape index (κ3) is 4.86. The van der Waals surface area contributed by atoms with Gasteiger partial charge in [0.2, 0.25) is 0 Å². The van der Waals surface area contributed by atoms with Gasteiger partial charge in [-0.2, -0.15) is 0 Å². The summed E-state index contributed by atoms with van der Waals surface area (Å²) in [6, 6.07) is 17.4. The summed E-state index contributed by atoms with van der Waals surface area (Å²) >= 11 is 0. The Labute approximate surface area is 201 Å². The van der Waals surface area contributed by atoms with Crippen LogP contribution in [0.3, 0.4) is 0 Å². The number of aliphatic hydroxyl groups excluding tert-OH is 1. The molecule has 0 bridgehead atoms. The molecule has 0 aliphatic carbocycles. The Hall–Kier alpha value is -3.16. The first-order valence-corrected chi connectivity index (χ1v) is 12.9. The molecular formula is C27H30N2O4S. The van der Waals surface area contributed by atoms with Crippen molar-refractivity contribution in [1.29, 1.82) is 0 Å². The molecule has 4 rings (SSSR count). The molecule has 1 heterocycles. The van der Waals surface area contributed by atoms with E-state index in [-0.39, 0.29) is 22.6 Å². The fraction of sp³-hybridized carbons (Fsp3) is 0.296. The summed E-state index contributed by atoms with van der Waals surface area (Å²) in [5.74, 6) is -0.0246. The maximum Gasteiger partial charge on any atom is 0.261 e. The molecule has 0 fully saturated rings. The lowest BCUT2D eigenvalue weighted by Gasteiger charge is -2.31. The maximum atomic E-state index is 13.0. The van der Waals surface area contributed by atoms with E-state index in [4.69, 9.17) is 0 Å². The molecule has 0 spiro atoms. The molecule has 3 aromatic carbocycles. The molecule has 0 amide bonds. The molecule has 2 atom stereocenters. The number of ketones is 1. The van der Waals surface area contributed by atoms with E-state index in [1.54, 1.807) is 24.3 Å². The van der Waals surface area contributed by atoms with Crippen molar-refractivity contribution >= 4 is 27.2 Å². The van der Waals surface area contributed by atoms with Gasteiger partial charge in [0.1, 0.15) is 0 Å². The average Bonchev–Trinajstić information content (AvgIpc) is 2.80. The Kier molecular flexibility index (Phi) is 6.51. The summed E-state index contributed by atoms with van der Waals surface area (Å²) in [7, 11) is -3.82. The first-order chi connectivity index (χ1) is 16.0. The van der Waals surface area contributed by atoms with Crippen LogP contribution in [0, 0.1) is 19.8 Å². The lowest BCUT2D eigenvalue weighted by molar-refractivity contribution is 0.0939. The zero-order valence-electron chi connectivity index (χ0n) is 19.8. The van der Waals surface area contributed by atoms with Crippen LogP contribution in [0.15, 0.2) is 65.6 Å². The van der Waals surface area contributed by atoms with E-state index in [9.17, 15) is 18.3 Å². The summed E-state index contributed by atoms with van der Waals surface area (Å²) in [6.07, 6.45) is -0.483. The second-order valence-corrected chi connectivity index (χ2v) is 10.9. The van der Waals surface area contributed by atoms with Crippen LogP contribution in [0.4, 0.5) is 11.4 Å². The predicted octanol–water partition coefficient (Wildman–Crippen LogP) is 5.53. The molecule has 0 saturated heterocycles. The third-order valence-corrected chi connectivity index (χ3v) is 7.72. The lowest BCUT2D eigenvalue weighted by atomic mass is 9.89. The van der Waals surface area contributed by atoms with Crippen LogP contribution in [0.2, 0.25) is 0 Å². The second-order valence-electron chi connectivity index (χ2n) is 9.25. The Morgan fingerprint density at radius 1 is 1.03 bits per heavy atom. The first-order valence-electron chi connectivity index (χ1n) is 11.4. The Morgan fingerprint density at radius 3 is 2.50 bits per heavy atom. The molecule has 2 unspecified atom stereocenters. The van der Waals surface area contributed by atoms with Crippen molar-refractivity contribution in [3.05, 3.63) is 88.5 Å². The number of hydrogen-bond donors (Lipinski definition) is 3. The Bertz CT molecular complexity index is 1350. The Morgan fingerprint density at radius 2 is 1.79 bits per heavy atom. The molecule has 0 saturated carbocycles. The third-order valence-electron chi connectivity index (χ3n) is 6.34. The minimum absolute atomic E-state index is 0.0738. The average molecular weight is 479 g/mol. The van der Waals surface area contributed by atoms with Gasteiger partial charge in [-0.3, -0.25) is 9.52 Å². The van der Waals surface area contributed by atoms with Crippen LogP contribution < -0.4 is 10.0 Å². The summed E-state index contributed by atoms with van der Waals surface area (Å²) in [5.41, 5.74) is 5.34. The highest BCUT2D eigenvalue weighted by molar-refractivity contribution is 7.92. The fourth-order valence-electron chi connectivity index (χ4n) is 4.19. The van der Waals surface area contributed by atoms with Crippen LogP contribution in [0.25, 0.3) is 0 Å². The van der Waals surface area contributed by atoms with Crippen LogP contribution in [0.5, 0.6) is 0 Å². The molecule has 34 heavy (non-hydrogen) atoms. The van der Waals surface area contributed by atoms with Gasteiger partial charge in [0, 0.05) is 34.8 Å². The van der Waals surface area contributed by atoms with Gasteiger partial charge in [-0.15, -0.1) is 0 Å². The maximum absolute atomic E-state index is 13.0. The van der Waals surface area contributed by atoms with E-state index in [2.05, 4.69) is 10.0 Å². The SMILES string of the molecule is Cc1ccc(NS(=O)(=O)c2ccc3c(c2)C(O)CC(c2cccc(C(=O)C(C)C)c2)N3)cc1C. The topological polar surface area (TPSA) is 95.5 Å². The number of nitrogens with one attached hydrogen (secondary N) is 2. The van der Waals surface area contributed by atoms with E-state index in [1.807, 2.05) is 52.0 Å². The van der Waals surface area contributed by atoms with Crippen molar-refractivity contribution in [3.63, 3.8) is 0 Å².